The van der Waals surface area contributed by atoms with Gasteiger partial charge in [0, 0.05) is 6.07 Å². The summed E-state index contributed by atoms with van der Waals surface area (Å²) in [6, 6.07) is 13.2. The number of carbonyl (C=O) groups excluding carboxylic acids is 1. The third-order valence-corrected chi connectivity index (χ3v) is 3.74. The smallest absolute Gasteiger partial charge is 0.245 e. The molecule has 0 aliphatic rings. The van der Waals surface area contributed by atoms with Crippen molar-refractivity contribution in [1.82, 2.24) is 19.3 Å². The summed E-state index contributed by atoms with van der Waals surface area (Å²) in [6.07, 6.45) is 1.30. The van der Waals surface area contributed by atoms with Crippen molar-refractivity contribution >= 4 is 11.7 Å². The molecule has 1 N–H and O–H groups in total. The SMILES string of the molecule is Cc1ccc(-n2nc(C)cc2NC(=O)Cn2cnc(C#N)c2C#N)cc1. The van der Waals surface area contributed by atoms with E-state index in [4.69, 9.17) is 10.5 Å². The molecule has 0 saturated heterocycles. The van der Waals surface area contributed by atoms with Crippen molar-refractivity contribution in [3.8, 4) is 17.8 Å². The highest BCUT2D eigenvalue weighted by Crippen LogP contribution is 2.18. The Bertz CT molecular complexity index is 1040. The first-order chi connectivity index (χ1) is 12.5. The fraction of sp³-hybridized carbons (Fsp3) is 0.167. The minimum atomic E-state index is -0.350. The minimum absolute atomic E-state index is 0.000779. The molecule has 0 fully saturated rings. The molecule has 2 heterocycles. The maximum absolute atomic E-state index is 12.4. The van der Waals surface area contributed by atoms with Crippen LogP contribution in [0.3, 0.4) is 0 Å². The summed E-state index contributed by atoms with van der Waals surface area (Å²) in [7, 11) is 0. The van der Waals surface area contributed by atoms with Crippen molar-refractivity contribution in [2.24, 2.45) is 0 Å². The Hall–Kier alpha value is -3.91. The first kappa shape index (κ1) is 16.9. The summed E-state index contributed by atoms with van der Waals surface area (Å²) in [6.45, 7) is 3.70. The number of hydrogen-bond donors (Lipinski definition) is 1. The van der Waals surface area contributed by atoms with Gasteiger partial charge in [-0.2, -0.15) is 15.6 Å². The summed E-state index contributed by atoms with van der Waals surface area (Å²) in [5.41, 5.74) is 2.77. The molecule has 0 bridgehead atoms. The molecule has 0 saturated carbocycles. The van der Waals surface area contributed by atoms with E-state index in [0.717, 1.165) is 16.9 Å². The van der Waals surface area contributed by atoms with Gasteiger partial charge in [0.1, 0.15) is 24.5 Å². The Balaban J connectivity index is 1.83. The molecule has 8 heteroatoms. The number of nitrogens with zero attached hydrogens (tertiary/aromatic N) is 6. The molecule has 0 radical (unpaired) electrons. The van der Waals surface area contributed by atoms with Crippen LogP contribution in [-0.2, 0) is 11.3 Å². The number of nitriles is 2. The molecule has 2 aromatic heterocycles. The second-order valence-electron chi connectivity index (χ2n) is 5.76. The quantitative estimate of drug-likeness (QED) is 0.778. The van der Waals surface area contributed by atoms with Gasteiger partial charge in [-0.3, -0.25) is 4.79 Å². The van der Waals surface area contributed by atoms with Gasteiger partial charge in [-0.25, -0.2) is 9.67 Å². The summed E-state index contributed by atoms with van der Waals surface area (Å²) in [5.74, 6) is 0.173. The lowest BCUT2D eigenvalue weighted by Gasteiger charge is -2.10. The fourth-order valence-corrected chi connectivity index (χ4v) is 2.51. The lowest BCUT2D eigenvalue weighted by atomic mass is 10.2. The zero-order valence-electron chi connectivity index (χ0n) is 14.3. The van der Waals surface area contributed by atoms with E-state index in [0.29, 0.717) is 5.82 Å². The number of imidazole rings is 1. The van der Waals surface area contributed by atoms with E-state index in [2.05, 4.69) is 15.4 Å². The van der Waals surface area contributed by atoms with E-state index in [9.17, 15) is 4.79 Å². The van der Waals surface area contributed by atoms with Gasteiger partial charge in [0.15, 0.2) is 11.4 Å². The number of rotatable bonds is 4. The van der Waals surface area contributed by atoms with E-state index < -0.39 is 0 Å². The monoisotopic (exact) mass is 345 g/mol. The highest BCUT2D eigenvalue weighted by Gasteiger charge is 2.15. The molecular weight excluding hydrogens is 330 g/mol. The number of aromatic nitrogens is 4. The van der Waals surface area contributed by atoms with Crippen molar-refractivity contribution < 1.29 is 4.79 Å². The van der Waals surface area contributed by atoms with Gasteiger partial charge in [-0.1, -0.05) is 17.7 Å². The Labute approximate surface area is 149 Å². The van der Waals surface area contributed by atoms with Crippen LogP contribution in [0, 0.1) is 36.5 Å². The standard InChI is InChI=1S/C18H15N7O/c1-12-3-5-14(6-4-12)25-17(7-13(2)23-25)22-18(26)10-24-11-21-15(8-19)16(24)9-20/h3-7,11H,10H2,1-2H3,(H,22,26). The molecule has 3 rings (SSSR count). The topological polar surface area (TPSA) is 112 Å². The molecule has 0 aliphatic heterocycles. The van der Waals surface area contributed by atoms with Crippen LogP contribution < -0.4 is 5.32 Å². The van der Waals surface area contributed by atoms with Crippen molar-refractivity contribution in [3.05, 3.63) is 59.3 Å². The number of anilines is 1. The van der Waals surface area contributed by atoms with Gasteiger partial charge in [0.25, 0.3) is 0 Å². The third kappa shape index (κ3) is 3.30. The minimum Gasteiger partial charge on any atom is -0.312 e. The largest absolute Gasteiger partial charge is 0.312 e. The van der Waals surface area contributed by atoms with E-state index in [1.165, 1.54) is 10.9 Å². The number of carbonyl (C=O) groups is 1. The van der Waals surface area contributed by atoms with Crippen molar-refractivity contribution in [1.29, 1.82) is 10.5 Å². The van der Waals surface area contributed by atoms with Gasteiger partial charge in [0.05, 0.1) is 17.7 Å². The molecule has 1 aromatic carbocycles. The van der Waals surface area contributed by atoms with Crippen LogP contribution in [0.1, 0.15) is 22.6 Å². The number of hydrogen-bond acceptors (Lipinski definition) is 5. The van der Waals surface area contributed by atoms with Crippen molar-refractivity contribution in [2.45, 2.75) is 20.4 Å². The van der Waals surface area contributed by atoms with Crippen LogP contribution in [0.25, 0.3) is 5.69 Å². The van der Waals surface area contributed by atoms with Crippen LogP contribution in [-0.4, -0.2) is 25.2 Å². The third-order valence-electron chi connectivity index (χ3n) is 3.74. The summed E-state index contributed by atoms with van der Waals surface area (Å²) < 4.78 is 2.99. The van der Waals surface area contributed by atoms with Crippen LogP contribution in [0.2, 0.25) is 0 Å². The molecule has 0 unspecified atom stereocenters. The second-order valence-corrected chi connectivity index (χ2v) is 5.76. The maximum atomic E-state index is 12.4. The Kier molecular flexibility index (Phi) is 4.50. The van der Waals surface area contributed by atoms with Crippen molar-refractivity contribution in [2.75, 3.05) is 5.32 Å². The Morgan fingerprint density at radius 1 is 1.19 bits per heavy atom. The Morgan fingerprint density at radius 3 is 2.58 bits per heavy atom. The van der Waals surface area contributed by atoms with Gasteiger partial charge in [-0.15, -0.1) is 0 Å². The lowest BCUT2D eigenvalue weighted by molar-refractivity contribution is -0.116. The van der Waals surface area contributed by atoms with Crippen molar-refractivity contribution in [3.63, 3.8) is 0 Å². The highest BCUT2D eigenvalue weighted by molar-refractivity contribution is 5.90. The Morgan fingerprint density at radius 2 is 1.92 bits per heavy atom. The van der Waals surface area contributed by atoms with E-state index >= 15 is 0 Å². The van der Waals surface area contributed by atoms with Crippen LogP contribution in [0.5, 0.6) is 0 Å². The summed E-state index contributed by atoms with van der Waals surface area (Å²) >= 11 is 0. The lowest BCUT2D eigenvalue weighted by Crippen LogP contribution is -2.21. The molecule has 8 nitrogen and oxygen atoms in total. The predicted molar refractivity (Wildman–Crippen MR) is 93.3 cm³/mol. The zero-order valence-corrected chi connectivity index (χ0v) is 14.3. The summed E-state index contributed by atoms with van der Waals surface area (Å²) in [5, 5.41) is 25.3. The zero-order chi connectivity index (χ0) is 18.7. The molecular formula is C18H15N7O. The fourth-order valence-electron chi connectivity index (χ4n) is 2.51. The van der Waals surface area contributed by atoms with Gasteiger partial charge < -0.3 is 9.88 Å². The molecule has 3 aromatic rings. The number of nitrogens with one attached hydrogen (secondary N) is 1. The maximum Gasteiger partial charge on any atom is 0.245 e. The van der Waals surface area contributed by atoms with Gasteiger partial charge in [-0.05, 0) is 26.0 Å². The first-order valence-corrected chi connectivity index (χ1v) is 7.80. The average molecular weight is 345 g/mol. The molecule has 26 heavy (non-hydrogen) atoms. The van der Waals surface area contributed by atoms with Gasteiger partial charge in [0.2, 0.25) is 5.91 Å². The number of benzene rings is 1. The average Bonchev–Trinajstić information content (AvgIpc) is 3.18. The van der Waals surface area contributed by atoms with E-state index in [-0.39, 0.29) is 23.8 Å². The molecule has 0 spiro atoms. The second kappa shape index (κ2) is 6.91. The predicted octanol–water partition coefficient (Wildman–Crippen LogP) is 2.07. The molecule has 0 aliphatic carbocycles. The number of aryl methyl sites for hydroxylation is 2. The molecule has 0 atom stereocenters. The van der Waals surface area contributed by atoms with E-state index in [1.807, 2.05) is 50.3 Å². The molecule has 128 valence electrons. The van der Waals surface area contributed by atoms with E-state index in [1.54, 1.807) is 10.7 Å². The van der Waals surface area contributed by atoms with Crippen LogP contribution in [0.4, 0.5) is 5.82 Å². The van der Waals surface area contributed by atoms with Crippen LogP contribution in [0.15, 0.2) is 36.7 Å². The molecule has 1 amide bonds. The normalized spacial score (nSPS) is 10.2. The van der Waals surface area contributed by atoms with Gasteiger partial charge >= 0.3 is 0 Å². The number of amides is 1. The van der Waals surface area contributed by atoms with Crippen LogP contribution >= 0.6 is 0 Å². The highest BCUT2D eigenvalue weighted by atomic mass is 16.2. The first-order valence-electron chi connectivity index (χ1n) is 7.80. The summed E-state index contributed by atoms with van der Waals surface area (Å²) in [4.78, 5) is 16.2.